The minimum atomic E-state index is 0.00241. The fourth-order valence-electron chi connectivity index (χ4n) is 3.29. The number of nitrogens with one attached hydrogen (secondary N) is 1. The van der Waals surface area contributed by atoms with E-state index >= 15 is 0 Å². The van der Waals surface area contributed by atoms with Crippen molar-refractivity contribution in [3.8, 4) is 17.4 Å². The van der Waals surface area contributed by atoms with E-state index < -0.39 is 0 Å². The van der Waals surface area contributed by atoms with Crippen LogP contribution < -0.4 is 24.4 Å². The summed E-state index contributed by atoms with van der Waals surface area (Å²) in [6.45, 7) is 2.01. The first-order chi connectivity index (χ1) is 13.6. The molecule has 2 aromatic rings. The Morgan fingerprint density at radius 3 is 2.39 bits per heavy atom. The standard InChI is InChI=1S/C20H26N4O4/c1-26-16-5-4-14(12-17(16)27-2)13-21-20(25)15-8-10-24(11-9-15)18-6-7-19(28-3)23-22-18/h4-7,12,15H,8-11,13H2,1-3H3,(H,21,25). The van der Waals surface area contributed by atoms with Crippen molar-refractivity contribution in [1.82, 2.24) is 15.5 Å². The summed E-state index contributed by atoms with van der Waals surface area (Å²) < 4.78 is 15.6. The second kappa shape index (κ2) is 9.25. The first-order valence-electron chi connectivity index (χ1n) is 9.26. The van der Waals surface area contributed by atoms with E-state index in [0.29, 0.717) is 23.9 Å². The van der Waals surface area contributed by atoms with Gasteiger partial charge >= 0.3 is 0 Å². The van der Waals surface area contributed by atoms with Gasteiger partial charge in [0.15, 0.2) is 17.3 Å². The molecule has 0 aliphatic carbocycles. The highest BCUT2D eigenvalue weighted by atomic mass is 16.5. The number of rotatable bonds is 7. The molecule has 0 saturated carbocycles. The Bertz CT molecular complexity index is 789. The molecule has 1 saturated heterocycles. The Labute approximate surface area is 164 Å². The summed E-state index contributed by atoms with van der Waals surface area (Å²) >= 11 is 0. The molecule has 0 atom stereocenters. The van der Waals surface area contributed by atoms with Crippen molar-refractivity contribution in [3.05, 3.63) is 35.9 Å². The number of carbonyl (C=O) groups excluding carboxylic acids is 1. The molecule has 1 amide bonds. The van der Waals surface area contributed by atoms with E-state index in [1.165, 1.54) is 0 Å². The van der Waals surface area contributed by atoms with Crippen LogP contribution in [-0.4, -0.2) is 50.5 Å². The van der Waals surface area contributed by atoms with Crippen molar-refractivity contribution in [2.45, 2.75) is 19.4 Å². The second-order valence-electron chi connectivity index (χ2n) is 6.60. The number of nitrogens with zero attached hydrogens (tertiary/aromatic N) is 3. The van der Waals surface area contributed by atoms with Crippen LogP contribution in [0.4, 0.5) is 5.82 Å². The van der Waals surface area contributed by atoms with Crippen molar-refractivity contribution < 1.29 is 19.0 Å². The number of benzene rings is 1. The van der Waals surface area contributed by atoms with Gasteiger partial charge in [0.1, 0.15) is 0 Å². The Kier molecular flexibility index (Phi) is 6.52. The number of methoxy groups -OCH3 is 3. The monoisotopic (exact) mass is 386 g/mol. The maximum Gasteiger partial charge on any atom is 0.233 e. The smallest absolute Gasteiger partial charge is 0.233 e. The van der Waals surface area contributed by atoms with Crippen LogP contribution in [0.3, 0.4) is 0 Å². The highest BCUT2D eigenvalue weighted by molar-refractivity contribution is 5.79. The van der Waals surface area contributed by atoms with Crippen molar-refractivity contribution >= 4 is 11.7 Å². The lowest BCUT2D eigenvalue weighted by Crippen LogP contribution is -2.40. The lowest BCUT2D eigenvalue weighted by molar-refractivity contribution is -0.125. The summed E-state index contributed by atoms with van der Waals surface area (Å²) in [7, 11) is 4.76. The predicted octanol–water partition coefficient (Wildman–Crippen LogP) is 2.04. The molecule has 0 radical (unpaired) electrons. The van der Waals surface area contributed by atoms with E-state index in [1.807, 2.05) is 24.3 Å². The lowest BCUT2D eigenvalue weighted by Gasteiger charge is -2.31. The quantitative estimate of drug-likeness (QED) is 0.779. The number of piperidine rings is 1. The molecule has 28 heavy (non-hydrogen) atoms. The van der Waals surface area contributed by atoms with Gasteiger partial charge in [-0.05, 0) is 36.6 Å². The van der Waals surface area contributed by atoms with E-state index in [0.717, 1.165) is 37.3 Å². The van der Waals surface area contributed by atoms with E-state index in [4.69, 9.17) is 14.2 Å². The minimum absolute atomic E-state index is 0.00241. The third-order valence-electron chi connectivity index (χ3n) is 4.94. The van der Waals surface area contributed by atoms with Crippen molar-refractivity contribution in [1.29, 1.82) is 0 Å². The maximum absolute atomic E-state index is 12.5. The normalized spacial score (nSPS) is 14.5. The zero-order chi connectivity index (χ0) is 19.9. The second-order valence-corrected chi connectivity index (χ2v) is 6.60. The molecule has 1 N–H and O–H groups in total. The van der Waals surface area contributed by atoms with Gasteiger partial charge in [-0.15, -0.1) is 10.2 Å². The van der Waals surface area contributed by atoms with Gasteiger partial charge in [-0.2, -0.15) is 0 Å². The Morgan fingerprint density at radius 2 is 1.79 bits per heavy atom. The lowest BCUT2D eigenvalue weighted by atomic mass is 9.96. The summed E-state index contributed by atoms with van der Waals surface area (Å²) in [5.41, 5.74) is 0.969. The predicted molar refractivity (Wildman–Crippen MR) is 105 cm³/mol. The van der Waals surface area contributed by atoms with Crippen LogP contribution in [0.2, 0.25) is 0 Å². The summed E-state index contributed by atoms with van der Waals surface area (Å²) in [5, 5.41) is 11.2. The van der Waals surface area contributed by atoms with Gasteiger partial charge in [-0.3, -0.25) is 4.79 Å². The van der Waals surface area contributed by atoms with Gasteiger partial charge in [-0.1, -0.05) is 6.07 Å². The zero-order valence-corrected chi connectivity index (χ0v) is 16.5. The number of amides is 1. The molecule has 8 nitrogen and oxygen atoms in total. The van der Waals surface area contributed by atoms with Crippen LogP contribution in [0.5, 0.6) is 17.4 Å². The minimum Gasteiger partial charge on any atom is -0.493 e. The summed E-state index contributed by atoms with van der Waals surface area (Å²) in [4.78, 5) is 14.7. The Hall–Kier alpha value is -3.03. The molecule has 1 aromatic heterocycles. The fraction of sp³-hybridized carbons (Fsp3) is 0.450. The van der Waals surface area contributed by atoms with Gasteiger partial charge < -0.3 is 24.4 Å². The van der Waals surface area contributed by atoms with Gasteiger partial charge in [0.25, 0.3) is 0 Å². The van der Waals surface area contributed by atoms with Gasteiger partial charge in [0.05, 0.1) is 21.3 Å². The van der Waals surface area contributed by atoms with E-state index in [9.17, 15) is 4.79 Å². The number of anilines is 1. The average Bonchev–Trinajstić information content (AvgIpc) is 2.77. The summed E-state index contributed by atoms with van der Waals surface area (Å²) in [6, 6.07) is 9.33. The van der Waals surface area contributed by atoms with Gasteiger partial charge in [0.2, 0.25) is 11.8 Å². The van der Waals surface area contributed by atoms with Crippen LogP contribution in [-0.2, 0) is 11.3 Å². The zero-order valence-electron chi connectivity index (χ0n) is 16.5. The molecule has 1 aliphatic heterocycles. The molecule has 0 unspecified atom stereocenters. The number of aromatic nitrogens is 2. The first-order valence-corrected chi connectivity index (χ1v) is 9.26. The van der Waals surface area contributed by atoms with Crippen LogP contribution in [0.25, 0.3) is 0 Å². The molecule has 1 fully saturated rings. The Balaban J connectivity index is 1.49. The van der Waals surface area contributed by atoms with Crippen LogP contribution >= 0.6 is 0 Å². The molecule has 0 spiro atoms. The number of ether oxygens (including phenoxy) is 3. The summed E-state index contributed by atoms with van der Waals surface area (Å²) in [5.74, 6) is 2.71. The maximum atomic E-state index is 12.5. The molecule has 2 heterocycles. The SMILES string of the molecule is COc1ccc(N2CCC(C(=O)NCc3ccc(OC)c(OC)c3)CC2)nn1. The van der Waals surface area contributed by atoms with Crippen molar-refractivity contribution in [3.63, 3.8) is 0 Å². The average molecular weight is 386 g/mol. The fourth-order valence-corrected chi connectivity index (χ4v) is 3.29. The molecular weight excluding hydrogens is 360 g/mol. The molecule has 1 aromatic carbocycles. The molecule has 150 valence electrons. The highest BCUT2D eigenvalue weighted by Crippen LogP contribution is 2.27. The molecular formula is C20H26N4O4. The van der Waals surface area contributed by atoms with Gasteiger partial charge in [-0.25, -0.2) is 0 Å². The molecule has 8 heteroatoms. The third kappa shape index (κ3) is 4.62. The largest absolute Gasteiger partial charge is 0.493 e. The summed E-state index contributed by atoms with van der Waals surface area (Å²) in [6.07, 6.45) is 1.57. The van der Waals surface area contributed by atoms with Gasteiger partial charge in [0, 0.05) is 31.6 Å². The van der Waals surface area contributed by atoms with Crippen molar-refractivity contribution in [2.24, 2.45) is 5.92 Å². The van der Waals surface area contributed by atoms with Crippen LogP contribution in [0.1, 0.15) is 18.4 Å². The molecule has 0 bridgehead atoms. The molecule has 1 aliphatic rings. The van der Waals surface area contributed by atoms with E-state index in [-0.39, 0.29) is 11.8 Å². The van der Waals surface area contributed by atoms with Crippen molar-refractivity contribution in [2.75, 3.05) is 39.3 Å². The first kappa shape index (κ1) is 19.7. The van der Waals surface area contributed by atoms with Crippen LogP contribution in [0, 0.1) is 5.92 Å². The van der Waals surface area contributed by atoms with Crippen LogP contribution in [0.15, 0.2) is 30.3 Å². The number of hydrogen-bond acceptors (Lipinski definition) is 7. The Morgan fingerprint density at radius 1 is 1.04 bits per heavy atom. The number of hydrogen-bond donors (Lipinski definition) is 1. The topological polar surface area (TPSA) is 85.8 Å². The van der Waals surface area contributed by atoms with E-state index in [2.05, 4.69) is 20.4 Å². The third-order valence-corrected chi connectivity index (χ3v) is 4.94. The van der Waals surface area contributed by atoms with E-state index in [1.54, 1.807) is 27.4 Å². The number of carbonyl (C=O) groups is 1. The highest BCUT2D eigenvalue weighted by Gasteiger charge is 2.25. The molecule has 3 rings (SSSR count).